The summed E-state index contributed by atoms with van der Waals surface area (Å²) in [6.45, 7) is 2.10. The number of rotatable bonds is 6. The lowest BCUT2D eigenvalue weighted by Crippen LogP contribution is -2.25. The molecule has 2 aromatic rings. The molecule has 6 heteroatoms. The van der Waals surface area contributed by atoms with Gasteiger partial charge in [-0.25, -0.2) is 10.2 Å². The van der Waals surface area contributed by atoms with Crippen molar-refractivity contribution in [3.05, 3.63) is 65.2 Å². The summed E-state index contributed by atoms with van der Waals surface area (Å²) in [5.74, 6) is -1.26. The van der Waals surface area contributed by atoms with E-state index in [1.807, 2.05) is 31.2 Å². The summed E-state index contributed by atoms with van der Waals surface area (Å²) >= 11 is 0. The number of carbonyl (C=O) groups is 2. The fourth-order valence-electron chi connectivity index (χ4n) is 1.78. The maximum Gasteiger partial charge on any atom is 0.335 e. The summed E-state index contributed by atoms with van der Waals surface area (Å²) in [6, 6.07) is 13.9. The number of aromatic carboxylic acids is 1. The molecule has 0 aromatic heterocycles. The number of carboxylic acid groups (broad SMARTS) is 1. The summed E-state index contributed by atoms with van der Waals surface area (Å²) in [6.07, 6.45) is 1.45. The van der Waals surface area contributed by atoms with Crippen LogP contribution < -0.4 is 10.7 Å². The molecule has 0 fully saturated rings. The van der Waals surface area contributed by atoms with Crippen molar-refractivity contribution in [2.75, 3.05) is 11.9 Å². The highest BCUT2D eigenvalue weighted by molar-refractivity contribution is 5.89. The topological polar surface area (TPSA) is 90.8 Å². The van der Waals surface area contributed by atoms with E-state index in [1.54, 1.807) is 12.1 Å². The molecular formula is C17H17N3O3. The van der Waals surface area contributed by atoms with Crippen LogP contribution in [-0.2, 0) is 4.79 Å². The van der Waals surface area contributed by atoms with Gasteiger partial charge in [-0.05, 0) is 36.8 Å². The van der Waals surface area contributed by atoms with Crippen LogP contribution in [0.4, 0.5) is 5.69 Å². The Hall–Kier alpha value is -3.15. The summed E-state index contributed by atoms with van der Waals surface area (Å²) in [5, 5.41) is 15.6. The molecule has 0 saturated carbocycles. The molecule has 1 amide bonds. The maximum absolute atomic E-state index is 11.7. The van der Waals surface area contributed by atoms with Crippen molar-refractivity contribution in [3.8, 4) is 0 Å². The number of hydrogen-bond donors (Lipinski definition) is 3. The predicted molar refractivity (Wildman–Crippen MR) is 88.8 cm³/mol. The molecule has 6 nitrogen and oxygen atoms in total. The highest BCUT2D eigenvalue weighted by atomic mass is 16.4. The zero-order chi connectivity index (χ0) is 16.7. The van der Waals surface area contributed by atoms with Gasteiger partial charge < -0.3 is 10.4 Å². The summed E-state index contributed by atoms with van der Waals surface area (Å²) in [4.78, 5) is 22.4. The Morgan fingerprint density at radius 1 is 1.09 bits per heavy atom. The lowest BCUT2D eigenvalue weighted by Gasteiger charge is -2.05. The van der Waals surface area contributed by atoms with E-state index >= 15 is 0 Å². The Bertz CT molecular complexity index is 707. The summed E-state index contributed by atoms with van der Waals surface area (Å²) < 4.78 is 0. The minimum absolute atomic E-state index is 0.109. The first-order valence-corrected chi connectivity index (χ1v) is 7.00. The monoisotopic (exact) mass is 311 g/mol. The molecule has 0 aliphatic rings. The van der Waals surface area contributed by atoms with Gasteiger partial charge in [0.15, 0.2) is 0 Å². The molecule has 0 aliphatic carbocycles. The Morgan fingerprint density at radius 2 is 1.74 bits per heavy atom. The highest BCUT2D eigenvalue weighted by Crippen LogP contribution is 2.07. The van der Waals surface area contributed by atoms with Crippen LogP contribution in [0, 0.1) is 6.92 Å². The minimum atomic E-state index is -0.982. The Kier molecular flexibility index (Phi) is 5.46. The van der Waals surface area contributed by atoms with E-state index in [9.17, 15) is 9.59 Å². The van der Waals surface area contributed by atoms with Crippen LogP contribution in [0.25, 0.3) is 0 Å². The van der Waals surface area contributed by atoms with E-state index in [4.69, 9.17) is 5.11 Å². The number of anilines is 1. The third kappa shape index (κ3) is 5.28. The lowest BCUT2D eigenvalue weighted by atomic mass is 10.1. The van der Waals surface area contributed by atoms with Gasteiger partial charge in [-0.15, -0.1) is 0 Å². The van der Waals surface area contributed by atoms with Gasteiger partial charge >= 0.3 is 5.97 Å². The maximum atomic E-state index is 11.7. The van der Waals surface area contributed by atoms with Crippen LogP contribution in [0.15, 0.2) is 53.6 Å². The second-order valence-corrected chi connectivity index (χ2v) is 4.94. The van der Waals surface area contributed by atoms with Crippen molar-refractivity contribution in [1.82, 2.24) is 5.43 Å². The Morgan fingerprint density at radius 3 is 2.35 bits per heavy atom. The first kappa shape index (κ1) is 16.2. The first-order chi connectivity index (χ1) is 11.0. The molecule has 0 bridgehead atoms. The molecule has 0 spiro atoms. The van der Waals surface area contributed by atoms with Crippen LogP contribution in [-0.4, -0.2) is 29.7 Å². The number of nitrogens with zero attached hydrogens (tertiary/aromatic N) is 1. The smallest absolute Gasteiger partial charge is 0.335 e. The second-order valence-electron chi connectivity index (χ2n) is 4.94. The normalized spacial score (nSPS) is 10.5. The van der Waals surface area contributed by atoms with Gasteiger partial charge in [-0.1, -0.05) is 29.8 Å². The van der Waals surface area contributed by atoms with Crippen molar-refractivity contribution in [1.29, 1.82) is 0 Å². The van der Waals surface area contributed by atoms with Crippen LogP contribution in [0.1, 0.15) is 21.5 Å². The van der Waals surface area contributed by atoms with Crippen LogP contribution >= 0.6 is 0 Å². The third-order valence-electron chi connectivity index (χ3n) is 3.07. The number of hydrazone groups is 1. The van der Waals surface area contributed by atoms with E-state index in [2.05, 4.69) is 15.8 Å². The number of benzene rings is 2. The van der Waals surface area contributed by atoms with Crippen molar-refractivity contribution < 1.29 is 14.7 Å². The van der Waals surface area contributed by atoms with Gasteiger partial charge in [-0.3, -0.25) is 4.79 Å². The molecule has 118 valence electrons. The third-order valence-corrected chi connectivity index (χ3v) is 3.07. The largest absolute Gasteiger partial charge is 0.478 e. The molecule has 0 heterocycles. The van der Waals surface area contributed by atoms with Crippen LogP contribution in [0.3, 0.4) is 0 Å². The zero-order valence-corrected chi connectivity index (χ0v) is 12.6. The van der Waals surface area contributed by atoms with Gasteiger partial charge in [0, 0.05) is 5.69 Å². The van der Waals surface area contributed by atoms with Crippen molar-refractivity contribution in [2.24, 2.45) is 5.10 Å². The average molecular weight is 311 g/mol. The Balaban J connectivity index is 1.79. The van der Waals surface area contributed by atoms with Gasteiger partial charge in [-0.2, -0.15) is 5.10 Å². The summed E-state index contributed by atoms with van der Waals surface area (Å²) in [5.41, 5.74) is 5.31. The highest BCUT2D eigenvalue weighted by Gasteiger charge is 2.01. The lowest BCUT2D eigenvalue weighted by molar-refractivity contribution is -0.119. The number of nitrogens with one attached hydrogen (secondary N) is 2. The number of hydrogen-bond acceptors (Lipinski definition) is 4. The number of carboxylic acids is 1. The predicted octanol–water partition coefficient (Wildman–Crippen LogP) is 2.26. The zero-order valence-electron chi connectivity index (χ0n) is 12.6. The number of carbonyl (C=O) groups excluding carboxylic acids is 1. The van der Waals surface area contributed by atoms with Gasteiger partial charge in [0.05, 0.1) is 18.3 Å². The molecule has 3 N–H and O–H groups in total. The number of aryl methyl sites for hydroxylation is 1. The molecule has 2 aromatic carbocycles. The van der Waals surface area contributed by atoms with Crippen LogP contribution in [0.5, 0.6) is 0 Å². The fraction of sp³-hybridized carbons (Fsp3) is 0.118. The average Bonchev–Trinajstić information content (AvgIpc) is 2.55. The van der Waals surface area contributed by atoms with Gasteiger partial charge in [0.25, 0.3) is 5.91 Å². The summed E-state index contributed by atoms with van der Waals surface area (Å²) in [7, 11) is 0. The van der Waals surface area contributed by atoms with Crippen molar-refractivity contribution in [2.45, 2.75) is 6.92 Å². The van der Waals surface area contributed by atoms with Gasteiger partial charge in [0.2, 0.25) is 0 Å². The second kappa shape index (κ2) is 7.74. The molecule has 0 aliphatic heterocycles. The molecule has 0 atom stereocenters. The Labute approximate surface area is 133 Å². The quantitative estimate of drug-likeness (QED) is 0.564. The first-order valence-electron chi connectivity index (χ1n) is 7.00. The molecular weight excluding hydrogens is 294 g/mol. The standard InChI is InChI=1S/C17H17N3O3/c1-12-2-8-15(9-3-12)18-11-16(21)20-19-10-13-4-6-14(7-5-13)17(22)23/h2-10,18H,11H2,1H3,(H,20,21)(H,22,23)/b19-10-. The number of amides is 1. The van der Waals surface area contributed by atoms with E-state index in [0.29, 0.717) is 5.56 Å². The van der Waals surface area contributed by atoms with E-state index in [-0.39, 0.29) is 18.0 Å². The van der Waals surface area contributed by atoms with Crippen molar-refractivity contribution in [3.63, 3.8) is 0 Å². The molecule has 0 saturated heterocycles. The van der Waals surface area contributed by atoms with E-state index < -0.39 is 5.97 Å². The van der Waals surface area contributed by atoms with E-state index in [0.717, 1.165) is 11.3 Å². The molecule has 0 radical (unpaired) electrons. The van der Waals surface area contributed by atoms with E-state index in [1.165, 1.54) is 18.3 Å². The molecule has 23 heavy (non-hydrogen) atoms. The SMILES string of the molecule is Cc1ccc(NCC(=O)N/N=C\c2ccc(C(=O)O)cc2)cc1. The molecule has 2 rings (SSSR count). The van der Waals surface area contributed by atoms with Crippen LogP contribution in [0.2, 0.25) is 0 Å². The minimum Gasteiger partial charge on any atom is -0.478 e. The molecule has 0 unspecified atom stereocenters. The van der Waals surface area contributed by atoms with Crippen molar-refractivity contribution >= 4 is 23.8 Å². The fourth-order valence-corrected chi connectivity index (χ4v) is 1.78. The van der Waals surface area contributed by atoms with Gasteiger partial charge in [0.1, 0.15) is 0 Å².